The number of fused-ring (bicyclic) bond motifs is 1. The van der Waals surface area contributed by atoms with Crippen LogP contribution in [0.15, 0.2) is 40.2 Å². The molecule has 1 aromatic heterocycles. The van der Waals surface area contributed by atoms with Crippen molar-refractivity contribution in [3.05, 3.63) is 56.2 Å². The molecule has 1 nitrogen and oxygen atoms in total. The lowest BCUT2D eigenvalue weighted by molar-refractivity contribution is 0.369. The maximum atomic E-state index is 3.71. The summed E-state index contributed by atoms with van der Waals surface area (Å²) in [6.45, 7) is 3.25. The molecule has 3 rings (SSSR count). The summed E-state index contributed by atoms with van der Waals surface area (Å²) < 4.78 is 1.23. The molecule has 1 aliphatic rings. The van der Waals surface area contributed by atoms with E-state index in [1.165, 1.54) is 21.5 Å². The standard InChI is InChI=1S/C17H20BrNS/c1-2-19-16(11-15-7-8-17(18)20-15)14-9-12-5-3-4-6-13(12)10-14/h3-8,14,16,19H,2,9-11H2,1H3. The molecule has 20 heavy (non-hydrogen) atoms. The highest BCUT2D eigenvalue weighted by molar-refractivity contribution is 9.11. The minimum absolute atomic E-state index is 0.581. The van der Waals surface area contributed by atoms with Gasteiger partial charge in [-0.2, -0.15) is 0 Å². The highest BCUT2D eigenvalue weighted by atomic mass is 79.9. The summed E-state index contributed by atoms with van der Waals surface area (Å²) in [7, 11) is 0. The second-order valence-electron chi connectivity index (χ2n) is 5.51. The van der Waals surface area contributed by atoms with E-state index in [9.17, 15) is 0 Å². The van der Waals surface area contributed by atoms with Gasteiger partial charge in [0.25, 0.3) is 0 Å². The molecule has 0 saturated heterocycles. The number of rotatable bonds is 5. The molecule has 0 fully saturated rings. The molecule has 0 spiro atoms. The molecule has 1 unspecified atom stereocenters. The molecule has 0 radical (unpaired) electrons. The maximum absolute atomic E-state index is 3.71. The van der Waals surface area contributed by atoms with Crippen molar-refractivity contribution in [1.29, 1.82) is 0 Å². The fraction of sp³-hybridized carbons (Fsp3) is 0.412. The molecule has 0 bridgehead atoms. The Kier molecular flexibility index (Phi) is 4.59. The summed E-state index contributed by atoms with van der Waals surface area (Å²) in [6, 6.07) is 13.9. The van der Waals surface area contributed by atoms with Crippen LogP contribution in [0.1, 0.15) is 22.9 Å². The zero-order chi connectivity index (χ0) is 13.9. The number of hydrogen-bond acceptors (Lipinski definition) is 2. The van der Waals surface area contributed by atoms with E-state index in [2.05, 4.69) is 64.6 Å². The third-order valence-corrected chi connectivity index (χ3v) is 5.81. The lowest BCUT2D eigenvalue weighted by Crippen LogP contribution is -2.38. The average molecular weight is 350 g/mol. The van der Waals surface area contributed by atoms with E-state index in [1.807, 2.05) is 11.3 Å². The van der Waals surface area contributed by atoms with E-state index in [4.69, 9.17) is 0 Å². The molecule has 1 aromatic carbocycles. The average Bonchev–Trinajstić information content (AvgIpc) is 3.04. The maximum Gasteiger partial charge on any atom is 0.0701 e. The van der Waals surface area contributed by atoms with Gasteiger partial charge in [0.1, 0.15) is 0 Å². The molecule has 3 heteroatoms. The fourth-order valence-corrected chi connectivity index (χ4v) is 4.76. The van der Waals surface area contributed by atoms with E-state index in [-0.39, 0.29) is 0 Å². The number of likely N-dealkylation sites (N-methyl/N-ethyl adjacent to an activating group) is 1. The van der Waals surface area contributed by atoms with Crippen molar-refractivity contribution in [2.45, 2.75) is 32.2 Å². The summed E-state index contributed by atoms with van der Waals surface area (Å²) in [5, 5.41) is 3.71. The molecule has 0 amide bonds. The Morgan fingerprint density at radius 2 is 1.90 bits per heavy atom. The summed E-state index contributed by atoms with van der Waals surface area (Å²) >= 11 is 5.43. The monoisotopic (exact) mass is 349 g/mol. The Bertz CT molecular complexity index is 553. The largest absolute Gasteiger partial charge is 0.314 e. The van der Waals surface area contributed by atoms with Crippen molar-refractivity contribution < 1.29 is 0 Å². The van der Waals surface area contributed by atoms with Crippen LogP contribution in [0.5, 0.6) is 0 Å². The first-order valence-electron chi connectivity index (χ1n) is 7.30. The van der Waals surface area contributed by atoms with Crippen LogP contribution in [-0.4, -0.2) is 12.6 Å². The number of hydrogen-bond donors (Lipinski definition) is 1. The van der Waals surface area contributed by atoms with Gasteiger partial charge in [0.15, 0.2) is 0 Å². The Morgan fingerprint density at radius 1 is 1.20 bits per heavy atom. The Morgan fingerprint density at radius 3 is 2.45 bits per heavy atom. The molecule has 1 N–H and O–H groups in total. The predicted molar refractivity (Wildman–Crippen MR) is 90.5 cm³/mol. The van der Waals surface area contributed by atoms with Crippen LogP contribution in [0.25, 0.3) is 0 Å². The number of nitrogens with one attached hydrogen (secondary N) is 1. The van der Waals surface area contributed by atoms with E-state index >= 15 is 0 Å². The van der Waals surface area contributed by atoms with Gasteiger partial charge in [-0.15, -0.1) is 11.3 Å². The highest BCUT2D eigenvalue weighted by Crippen LogP contribution is 2.31. The zero-order valence-electron chi connectivity index (χ0n) is 11.7. The number of thiophene rings is 1. The minimum atomic E-state index is 0.581. The summed E-state index contributed by atoms with van der Waals surface area (Å²) in [5.41, 5.74) is 3.10. The lowest BCUT2D eigenvalue weighted by atomic mass is 9.93. The first kappa shape index (κ1) is 14.3. The first-order valence-corrected chi connectivity index (χ1v) is 8.91. The topological polar surface area (TPSA) is 12.0 Å². The molecule has 0 aliphatic heterocycles. The van der Waals surface area contributed by atoms with Crippen molar-refractivity contribution in [2.24, 2.45) is 5.92 Å². The van der Waals surface area contributed by atoms with Crippen LogP contribution in [0.4, 0.5) is 0 Å². The van der Waals surface area contributed by atoms with Crippen LogP contribution in [0.3, 0.4) is 0 Å². The van der Waals surface area contributed by atoms with Gasteiger partial charge in [0, 0.05) is 10.9 Å². The quantitative estimate of drug-likeness (QED) is 0.840. The fourth-order valence-electron chi connectivity index (χ4n) is 3.22. The Balaban J connectivity index is 1.72. The van der Waals surface area contributed by atoms with E-state index < -0.39 is 0 Å². The third kappa shape index (κ3) is 3.16. The minimum Gasteiger partial charge on any atom is -0.314 e. The number of benzene rings is 1. The molecule has 1 aliphatic carbocycles. The van der Waals surface area contributed by atoms with Crippen LogP contribution < -0.4 is 5.32 Å². The molecular formula is C17H20BrNS. The van der Waals surface area contributed by atoms with Crippen molar-refractivity contribution in [1.82, 2.24) is 5.32 Å². The summed E-state index contributed by atoms with van der Waals surface area (Å²) in [4.78, 5) is 1.47. The molecule has 0 saturated carbocycles. The predicted octanol–water partition coefficient (Wildman–Crippen LogP) is 4.45. The van der Waals surface area contributed by atoms with Gasteiger partial charge in [-0.1, -0.05) is 31.2 Å². The zero-order valence-corrected chi connectivity index (χ0v) is 14.1. The molecule has 1 atom stereocenters. The molecule has 1 heterocycles. The smallest absolute Gasteiger partial charge is 0.0701 e. The first-order chi connectivity index (χ1) is 9.76. The van der Waals surface area contributed by atoms with Gasteiger partial charge < -0.3 is 5.32 Å². The molecular weight excluding hydrogens is 330 g/mol. The van der Waals surface area contributed by atoms with Gasteiger partial charge in [0.05, 0.1) is 3.79 Å². The van der Waals surface area contributed by atoms with Crippen molar-refractivity contribution in [3.8, 4) is 0 Å². The van der Waals surface area contributed by atoms with Crippen molar-refractivity contribution >= 4 is 27.3 Å². The SMILES string of the molecule is CCNC(Cc1ccc(Br)s1)C1Cc2ccccc2C1. The molecule has 106 valence electrons. The van der Waals surface area contributed by atoms with Gasteiger partial charge in [0.2, 0.25) is 0 Å². The Hall–Kier alpha value is -0.640. The number of halogens is 1. The second-order valence-corrected chi connectivity index (χ2v) is 8.06. The Labute approximate surface area is 133 Å². The van der Waals surface area contributed by atoms with E-state index in [1.54, 1.807) is 11.1 Å². The lowest BCUT2D eigenvalue weighted by Gasteiger charge is -2.24. The van der Waals surface area contributed by atoms with Gasteiger partial charge in [-0.05, 0) is 70.9 Å². The van der Waals surface area contributed by atoms with Gasteiger partial charge in [-0.3, -0.25) is 0 Å². The highest BCUT2D eigenvalue weighted by Gasteiger charge is 2.28. The van der Waals surface area contributed by atoms with E-state index in [0.717, 1.165) is 18.9 Å². The van der Waals surface area contributed by atoms with Gasteiger partial charge >= 0.3 is 0 Å². The molecule has 2 aromatic rings. The summed E-state index contributed by atoms with van der Waals surface area (Å²) in [6.07, 6.45) is 3.59. The normalized spacial score (nSPS) is 16.3. The van der Waals surface area contributed by atoms with Crippen LogP contribution in [0, 0.1) is 5.92 Å². The van der Waals surface area contributed by atoms with Crippen LogP contribution in [0.2, 0.25) is 0 Å². The van der Waals surface area contributed by atoms with Crippen molar-refractivity contribution in [3.63, 3.8) is 0 Å². The van der Waals surface area contributed by atoms with Crippen LogP contribution in [-0.2, 0) is 19.3 Å². The summed E-state index contributed by atoms with van der Waals surface area (Å²) in [5.74, 6) is 0.730. The second kappa shape index (κ2) is 6.42. The van der Waals surface area contributed by atoms with Crippen LogP contribution >= 0.6 is 27.3 Å². The third-order valence-electron chi connectivity index (χ3n) is 4.17. The van der Waals surface area contributed by atoms with Crippen molar-refractivity contribution in [2.75, 3.05) is 6.54 Å². The van der Waals surface area contributed by atoms with Gasteiger partial charge in [-0.25, -0.2) is 0 Å². The van der Waals surface area contributed by atoms with E-state index in [0.29, 0.717) is 6.04 Å².